The summed E-state index contributed by atoms with van der Waals surface area (Å²) in [6, 6.07) is 18.9. The van der Waals surface area contributed by atoms with E-state index >= 15 is 0 Å². The molecule has 4 heteroatoms. The average Bonchev–Trinajstić information content (AvgIpc) is 2.61. The highest BCUT2D eigenvalue weighted by Gasteiger charge is 2.22. The van der Waals surface area contributed by atoms with Crippen molar-refractivity contribution in [2.24, 2.45) is 0 Å². The van der Waals surface area contributed by atoms with Gasteiger partial charge in [0.2, 0.25) is 5.91 Å². The first-order valence-electron chi connectivity index (χ1n) is 8.24. The SMILES string of the molecule is CCC(C(=O)NC(CCC(=O)O)c1ccccc1)c1ccccc1. The minimum absolute atomic E-state index is 0.0158. The van der Waals surface area contributed by atoms with Crippen molar-refractivity contribution in [3.05, 3.63) is 71.8 Å². The van der Waals surface area contributed by atoms with E-state index in [1.54, 1.807) is 0 Å². The minimum atomic E-state index is -0.861. The van der Waals surface area contributed by atoms with Gasteiger partial charge >= 0.3 is 5.97 Å². The summed E-state index contributed by atoms with van der Waals surface area (Å²) in [6.45, 7) is 1.98. The number of amides is 1. The molecule has 0 radical (unpaired) electrons. The molecule has 0 saturated heterocycles. The summed E-state index contributed by atoms with van der Waals surface area (Å²) in [5.41, 5.74) is 1.90. The quantitative estimate of drug-likeness (QED) is 0.773. The van der Waals surface area contributed by atoms with Crippen LogP contribution in [0.3, 0.4) is 0 Å². The van der Waals surface area contributed by atoms with Crippen LogP contribution in [-0.2, 0) is 9.59 Å². The van der Waals surface area contributed by atoms with Crippen LogP contribution < -0.4 is 5.32 Å². The number of nitrogens with one attached hydrogen (secondary N) is 1. The zero-order valence-corrected chi connectivity index (χ0v) is 13.8. The summed E-state index contributed by atoms with van der Waals surface area (Å²) in [4.78, 5) is 23.7. The van der Waals surface area contributed by atoms with Gasteiger partial charge < -0.3 is 10.4 Å². The molecule has 0 aliphatic heterocycles. The Balaban J connectivity index is 2.15. The van der Waals surface area contributed by atoms with Gasteiger partial charge in [-0.05, 0) is 24.0 Å². The molecule has 0 aliphatic carbocycles. The van der Waals surface area contributed by atoms with E-state index in [0.29, 0.717) is 12.8 Å². The van der Waals surface area contributed by atoms with E-state index in [9.17, 15) is 9.59 Å². The monoisotopic (exact) mass is 325 g/mol. The molecule has 0 heterocycles. The van der Waals surface area contributed by atoms with Gasteiger partial charge in [0, 0.05) is 6.42 Å². The molecule has 2 aromatic rings. The lowest BCUT2D eigenvalue weighted by Gasteiger charge is -2.22. The summed E-state index contributed by atoms with van der Waals surface area (Å²) < 4.78 is 0. The van der Waals surface area contributed by atoms with E-state index in [0.717, 1.165) is 11.1 Å². The van der Waals surface area contributed by atoms with Crippen molar-refractivity contribution in [1.29, 1.82) is 0 Å². The summed E-state index contributed by atoms with van der Waals surface area (Å²) >= 11 is 0. The van der Waals surface area contributed by atoms with Gasteiger partial charge in [-0.3, -0.25) is 9.59 Å². The van der Waals surface area contributed by atoms with E-state index < -0.39 is 5.97 Å². The minimum Gasteiger partial charge on any atom is -0.481 e. The highest BCUT2D eigenvalue weighted by Crippen LogP contribution is 2.23. The van der Waals surface area contributed by atoms with Crippen molar-refractivity contribution in [3.63, 3.8) is 0 Å². The Morgan fingerprint density at radius 2 is 1.50 bits per heavy atom. The number of carbonyl (C=O) groups excluding carboxylic acids is 1. The Labute approximate surface area is 142 Å². The predicted molar refractivity (Wildman–Crippen MR) is 93.7 cm³/mol. The standard InChI is InChI=1S/C20H23NO3/c1-2-17(15-9-5-3-6-10-15)20(24)21-18(13-14-19(22)23)16-11-7-4-8-12-16/h3-12,17-18H,2,13-14H2,1H3,(H,21,24)(H,22,23). The molecule has 0 bridgehead atoms. The normalized spacial score (nSPS) is 13.0. The lowest BCUT2D eigenvalue weighted by molar-refractivity contribution is -0.137. The van der Waals surface area contributed by atoms with Gasteiger partial charge in [0.25, 0.3) is 0 Å². The lowest BCUT2D eigenvalue weighted by atomic mass is 9.94. The molecule has 2 atom stereocenters. The van der Waals surface area contributed by atoms with Crippen molar-refractivity contribution < 1.29 is 14.7 Å². The third-order valence-electron chi connectivity index (χ3n) is 4.09. The Morgan fingerprint density at radius 1 is 0.958 bits per heavy atom. The number of carboxylic acid groups (broad SMARTS) is 1. The Bertz CT molecular complexity index is 655. The summed E-state index contributed by atoms with van der Waals surface area (Å²) in [7, 11) is 0. The second-order valence-electron chi connectivity index (χ2n) is 5.78. The fourth-order valence-electron chi connectivity index (χ4n) is 2.81. The van der Waals surface area contributed by atoms with Gasteiger partial charge in [0.15, 0.2) is 0 Å². The summed E-state index contributed by atoms with van der Waals surface area (Å²) in [6.07, 6.45) is 1.08. The molecule has 1 amide bonds. The van der Waals surface area contributed by atoms with Crippen molar-refractivity contribution in [2.75, 3.05) is 0 Å². The van der Waals surface area contributed by atoms with E-state index in [4.69, 9.17) is 5.11 Å². The number of rotatable bonds is 8. The van der Waals surface area contributed by atoms with Crippen LogP contribution >= 0.6 is 0 Å². The second-order valence-corrected chi connectivity index (χ2v) is 5.78. The first-order valence-corrected chi connectivity index (χ1v) is 8.24. The second kappa shape index (κ2) is 8.87. The molecule has 24 heavy (non-hydrogen) atoms. The molecule has 0 spiro atoms. The van der Waals surface area contributed by atoms with Crippen LogP contribution in [0.2, 0.25) is 0 Å². The van der Waals surface area contributed by atoms with Gasteiger partial charge in [-0.15, -0.1) is 0 Å². The third kappa shape index (κ3) is 4.95. The number of aliphatic carboxylic acids is 1. The van der Waals surface area contributed by atoms with Crippen LogP contribution in [0.1, 0.15) is 49.3 Å². The number of hydrogen-bond acceptors (Lipinski definition) is 2. The molecule has 0 aromatic heterocycles. The Morgan fingerprint density at radius 3 is 2.00 bits per heavy atom. The molecule has 0 saturated carbocycles. The molecular formula is C20H23NO3. The van der Waals surface area contributed by atoms with Crippen molar-refractivity contribution in [2.45, 2.75) is 38.1 Å². The molecule has 2 aromatic carbocycles. The van der Waals surface area contributed by atoms with E-state index in [1.165, 1.54) is 0 Å². The lowest BCUT2D eigenvalue weighted by Crippen LogP contribution is -2.33. The zero-order chi connectivity index (χ0) is 17.4. The topological polar surface area (TPSA) is 66.4 Å². The van der Waals surface area contributed by atoms with E-state index in [2.05, 4.69) is 5.32 Å². The largest absolute Gasteiger partial charge is 0.481 e. The van der Waals surface area contributed by atoms with Gasteiger partial charge in [0.05, 0.1) is 12.0 Å². The smallest absolute Gasteiger partial charge is 0.303 e. The van der Waals surface area contributed by atoms with Crippen molar-refractivity contribution in [1.82, 2.24) is 5.32 Å². The van der Waals surface area contributed by atoms with Crippen LogP contribution in [0, 0.1) is 0 Å². The van der Waals surface area contributed by atoms with Crippen LogP contribution in [0.5, 0.6) is 0 Å². The van der Waals surface area contributed by atoms with Gasteiger partial charge in [-0.25, -0.2) is 0 Å². The molecule has 2 N–H and O–H groups in total. The van der Waals surface area contributed by atoms with Crippen molar-refractivity contribution >= 4 is 11.9 Å². The summed E-state index contributed by atoms with van der Waals surface area (Å²) in [5.74, 6) is -1.16. The van der Waals surface area contributed by atoms with E-state index in [-0.39, 0.29) is 24.3 Å². The number of carboxylic acids is 1. The zero-order valence-electron chi connectivity index (χ0n) is 13.8. The number of hydrogen-bond donors (Lipinski definition) is 2. The maximum atomic E-state index is 12.7. The molecule has 126 valence electrons. The van der Waals surface area contributed by atoms with Gasteiger partial charge in [0.1, 0.15) is 0 Å². The number of benzene rings is 2. The number of carbonyl (C=O) groups is 2. The van der Waals surface area contributed by atoms with E-state index in [1.807, 2.05) is 67.6 Å². The van der Waals surface area contributed by atoms with Crippen LogP contribution in [-0.4, -0.2) is 17.0 Å². The maximum Gasteiger partial charge on any atom is 0.303 e. The molecule has 0 fully saturated rings. The molecule has 2 rings (SSSR count). The maximum absolute atomic E-state index is 12.7. The molecule has 2 unspecified atom stereocenters. The highest BCUT2D eigenvalue weighted by atomic mass is 16.4. The van der Waals surface area contributed by atoms with Crippen LogP contribution in [0.15, 0.2) is 60.7 Å². The van der Waals surface area contributed by atoms with Crippen LogP contribution in [0.25, 0.3) is 0 Å². The Hall–Kier alpha value is -2.62. The molecule has 4 nitrogen and oxygen atoms in total. The van der Waals surface area contributed by atoms with Crippen LogP contribution in [0.4, 0.5) is 0 Å². The fraction of sp³-hybridized carbons (Fsp3) is 0.300. The Kier molecular flexibility index (Phi) is 6.55. The fourth-order valence-corrected chi connectivity index (χ4v) is 2.81. The average molecular weight is 325 g/mol. The van der Waals surface area contributed by atoms with Gasteiger partial charge in [-0.1, -0.05) is 67.6 Å². The van der Waals surface area contributed by atoms with Gasteiger partial charge in [-0.2, -0.15) is 0 Å². The highest BCUT2D eigenvalue weighted by molar-refractivity contribution is 5.84. The molecular weight excluding hydrogens is 302 g/mol. The summed E-state index contributed by atoms with van der Waals surface area (Å²) in [5, 5.41) is 12.0. The first-order chi connectivity index (χ1) is 11.6. The first kappa shape index (κ1) is 17.7. The third-order valence-corrected chi connectivity index (χ3v) is 4.09. The molecule has 0 aliphatic rings. The van der Waals surface area contributed by atoms with Crippen molar-refractivity contribution in [3.8, 4) is 0 Å². The predicted octanol–water partition coefficient (Wildman–Crippen LogP) is 3.90.